The predicted molar refractivity (Wildman–Crippen MR) is 50.1 cm³/mol. The molecule has 0 aliphatic heterocycles. The molecule has 0 aliphatic rings. The van der Waals surface area contributed by atoms with Crippen LogP contribution in [0.3, 0.4) is 0 Å². The summed E-state index contributed by atoms with van der Waals surface area (Å²) in [6.45, 7) is -0.125. The van der Waals surface area contributed by atoms with Gasteiger partial charge in [-0.1, -0.05) is 0 Å². The van der Waals surface area contributed by atoms with Gasteiger partial charge < -0.3 is 16.4 Å². The first kappa shape index (κ1) is 14.7. The molecule has 4 N–H and O–H groups in total. The lowest BCUT2D eigenvalue weighted by Crippen LogP contribution is -2.48. The summed E-state index contributed by atoms with van der Waals surface area (Å²) in [4.78, 5) is 22.4. The second-order valence-electron chi connectivity index (χ2n) is 3.24. The molecule has 0 aromatic carbocycles. The number of primary amides is 1. The minimum Gasteiger partial charge on any atom is -0.370 e. The molecular weight excluding hydrogens is 227 g/mol. The van der Waals surface area contributed by atoms with Gasteiger partial charge in [-0.25, -0.2) is 0 Å². The Kier molecular flexibility index (Phi) is 5.22. The van der Waals surface area contributed by atoms with Crippen LogP contribution in [-0.2, 0) is 9.59 Å². The minimum absolute atomic E-state index is 0.134. The zero-order valence-electron chi connectivity index (χ0n) is 8.75. The van der Waals surface area contributed by atoms with E-state index in [1.807, 2.05) is 0 Å². The quantitative estimate of drug-likeness (QED) is 0.686. The Morgan fingerprint density at radius 3 is 2.19 bits per heavy atom. The number of amides is 2. The Bertz CT molecular complexity index is 268. The number of nitrogens with zero attached hydrogens (tertiary/aromatic N) is 1. The molecule has 5 nitrogen and oxygen atoms in total. The van der Waals surface area contributed by atoms with Crippen LogP contribution in [0.15, 0.2) is 0 Å². The van der Waals surface area contributed by atoms with Crippen molar-refractivity contribution in [3.63, 3.8) is 0 Å². The maximum Gasteiger partial charge on any atom is 0.406 e. The third-order valence-electron chi connectivity index (χ3n) is 1.80. The van der Waals surface area contributed by atoms with E-state index >= 15 is 0 Å². The van der Waals surface area contributed by atoms with E-state index in [0.29, 0.717) is 4.90 Å². The van der Waals surface area contributed by atoms with E-state index in [4.69, 9.17) is 11.5 Å². The van der Waals surface area contributed by atoms with Gasteiger partial charge in [0.05, 0.1) is 12.5 Å². The molecule has 16 heavy (non-hydrogen) atoms. The number of hydrogen-bond acceptors (Lipinski definition) is 3. The van der Waals surface area contributed by atoms with E-state index in [9.17, 15) is 22.8 Å². The van der Waals surface area contributed by atoms with E-state index < -0.39 is 37.0 Å². The Balaban J connectivity index is 4.47. The van der Waals surface area contributed by atoms with Crippen LogP contribution < -0.4 is 11.5 Å². The number of carbonyl (C=O) groups excluding carboxylic acids is 2. The highest BCUT2D eigenvalue weighted by Crippen LogP contribution is 2.16. The molecule has 0 rings (SSSR count). The number of nitrogens with two attached hydrogens (primary N) is 2. The van der Waals surface area contributed by atoms with Crippen molar-refractivity contribution in [1.29, 1.82) is 0 Å². The van der Waals surface area contributed by atoms with Gasteiger partial charge in [0.1, 0.15) is 6.54 Å². The maximum atomic E-state index is 12.1. The predicted octanol–water partition coefficient (Wildman–Crippen LogP) is -0.400. The molecule has 0 aliphatic carbocycles. The third kappa shape index (κ3) is 5.54. The van der Waals surface area contributed by atoms with Gasteiger partial charge in [0.2, 0.25) is 11.8 Å². The lowest BCUT2D eigenvalue weighted by atomic mass is 10.2. The molecular formula is C8H14F3N3O2. The van der Waals surface area contributed by atoms with Crippen molar-refractivity contribution in [3.05, 3.63) is 0 Å². The summed E-state index contributed by atoms with van der Waals surface area (Å²) < 4.78 is 36.2. The van der Waals surface area contributed by atoms with Crippen molar-refractivity contribution in [2.45, 2.75) is 25.6 Å². The number of rotatable bonds is 5. The van der Waals surface area contributed by atoms with E-state index in [-0.39, 0.29) is 6.54 Å². The van der Waals surface area contributed by atoms with Crippen molar-refractivity contribution in [3.8, 4) is 0 Å². The Labute approximate surface area is 90.6 Å². The monoisotopic (exact) mass is 241 g/mol. The summed E-state index contributed by atoms with van der Waals surface area (Å²) in [5, 5.41) is 0. The van der Waals surface area contributed by atoms with Crippen LogP contribution in [0.2, 0.25) is 0 Å². The first-order chi connectivity index (χ1) is 7.17. The van der Waals surface area contributed by atoms with E-state index in [1.165, 1.54) is 6.92 Å². The van der Waals surface area contributed by atoms with Crippen molar-refractivity contribution < 1.29 is 22.8 Å². The normalized spacial score (nSPS) is 13.3. The van der Waals surface area contributed by atoms with E-state index in [1.54, 1.807) is 0 Å². The van der Waals surface area contributed by atoms with Crippen LogP contribution in [0, 0.1) is 0 Å². The second kappa shape index (κ2) is 5.69. The zero-order valence-corrected chi connectivity index (χ0v) is 8.75. The molecule has 0 fully saturated rings. The van der Waals surface area contributed by atoms with E-state index in [0.717, 1.165) is 0 Å². The SMILES string of the molecule is CCN(CC(F)(F)F)C(=O)C(N)CC(N)=O. The molecule has 0 saturated carbocycles. The van der Waals surface area contributed by atoms with Crippen molar-refractivity contribution in [2.24, 2.45) is 11.5 Å². The van der Waals surface area contributed by atoms with Gasteiger partial charge in [-0.15, -0.1) is 0 Å². The first-order valence-corrected chi connectivity index (χ1v) is 4.56. The number of carbonyl (C=O) groups is 2. The molecule has 0 saturated heterocycles. The highest BCUT2D eigenvalue weighted by Gasteiger charge is 2.34. The van der Waals surface area contributed by atoms with Crippen molar-refractivity contribution >= 4 is 11.8 Å². The Hall–Kier alpha value is -1.31. The zero-order chi connectivity index (χ0) is 12.9. The molecule has 2 amide bonds. The van der Waals surface area contributed by atoms with Gasteiger partial charge in [-0.05, 0) is 6.92 Å². The van der Waals surface area contributed by atoms with Gasteiger partial charge >= 0.3 is 6.18 Å². The number of likely N-dealkylation sites (N-methyl/N-ethyl adjacent to an activating group) is 1. The summed E-state index contributed by atoms with van der Waals surface area (Å²) >= 11 is 0. The fourth-order valence-electron chi connectivity index (χ4n) is 1.10. The molecule has 0 bridgehead atoms. The van der Waals surface area contributed by atoms with Gasteiger partial charge in [0, 0.05) is 6.54 Å². The highest BCUT2D eigenvalue weighted by molar-refractivity contribution is 5.87. The molecule has 0 aromatic rings. The summed E-state index contributed by atoms with van der Waals surface area (Å²) in [6, 6.07) is -1.32. The first-order valence-electron chi connectivity index (χ1n) is 4.56. The van der Waals surface area contributed by atoms with Gasteiger partial charge in [-0.2, -0.15) is 13.2 Å². The van der Waals surface area contributed by atoms with E-state index in [2.05, 4.69) is 0 Å². The molecule has 0 aromatic heterocycles. The molecule has 94 valence electrons. The molecule has 1 unspecified atom stereocenters. The fraction of sp³-hybridized carbons (Fsp3) is 0.750. The average Bonchev–Trinajstić information content (AvgIpc) is 2.10. The molecule has 1 atom stereocenters. The lowest BCUT2D eigenvalue weighted by Gasteiger charge is -2.24. The standard InChI is InChI=1S/C8H14F3N3O2/c1-2-14(4-8(9,10)11)7(16)5(12)3-6(13)15/h5H,2-4,12H2,1H3,(H2,13,15). The molecule has 0 heterocycles. The van der Waals surface area contributed by atoms with Crippen molar-refractivity contribution in [1.82, 2.24) is 4.90 Å². The number of alkyl halides is 3. The van der Waals surface area contributed by atoms with Crippen LogP contribution in [0.1, 0.15) is 13.3 Å². The smallest absolute Gasteiger partial charge is 0.370 e. The number of hydrogen-bond donors (Lipinski definition) is 2. The van der Waals surface area contributed by atoms with Crippen molar-refractivity contribution in [2.75, 3.05) is 13.1 Å². The maximum absolute atomic E-state index is 12.1. The topological polar surface area (TPSA) is 89.4 Å². The van der Waals surface area contributed by atoms with Crippen LogP contribution >= 0.6 is 0 Å². The van der Waals surface area contributed by atoms with Gasteiger partial charge in [-0.3, -0.25) is 9.59 Å². The average molecular weight is 241 g/mol. The lowest BCUT2D eigenvalue weighted by molar-refractivity contribution is -0.161. The minimum atomic E-state index is -4.49. The van der Waals surface area contributed by atoms with Gasteiger partial charge in [0.15, 0.2) is 0 Å². The molecule has 0 spiro atoms. The number of halogens is 3. The molecule has 0 radical (unpaired) electrons. The second-order valence-corrected chi connectivity index (χ2v) is 3.24. The highest BCUT2D eigenvalue weighted by atomic mass is 19.4. The van der Waals surface area contributed by atoms with Crippen LogP contribution in [0.5, 0.6) is 0 Å². The molecule has 8 heteroatoms. The van der Waals surface area contributed by atoms with Crippen LogP contribution in [0.4, 0.5) is 13.2 Å². The summed E-state index contributed by atoms with van der Waals surface area (Å²) in [6.07, 6.45) is -4.95. The van der Waals surface area contributed by atoms with Crippen LogP contribution in [0.25, 0.3) is 0 Å². The Morgan fingerprint density at radius 1 is 1.38 bits per heavy atom. The van der Waals surface area contributed by atoms with Gasteiger partial charge in [0.25, 0.3) is 0 Å². The summed E-state index contributed by atoms with van der Waals surface area (Å²) in [7, 11) is 0. The fourth-order valence-corrected chi connectivity index (χ4v) is 1.10. The largest absolute Gasteiger partial charge is 0.406 e. The summed E-state index contributed by atoms with van der Waals surface area (Å²) in [5.74, 6) is -1.76. The third-order valence-corrected chi connectivity index (χ3v) is 1.80. The Morgan fingerprint density at radius 2 is 1.88 bits per heavy atom. The summed E-state index contributed by atoms with van der Waals surface area (Å²) in [5.41, 5.74) is 10.0. The van der Waals surface area contributed by atoms with Crippen LogP contribution in [-0.4, -0.2) is 42.0 Å².